The molecule has 0 fully saturated rings. The van der Waals surface area contributed by atoms with Crippen molar-refractivity contribution in [2.24, 2.45) is 0 Å². The van der Waals surface area contributed by atoms with Gasteiger partial charge in [0.1, 0.15) is 22.7 Å². The summed E-state index contributed by atoms with van der Waals surface area (Å²) >= 11 is 2.20. The Morgan fingerprint density at radius 2 is 1.16 bits per heavy atom. The number of nitrogens with one attached hydrogen (secondary N) is 2. The number of hydrogen-bond acceptors (Lipinski definition) is 6. The van der Waals surface area contributed by atoms with Crippen molar-refractivity contribution in [2.75, 3.05) is 26.3 Å². The number of hydrogen-bond donors (Lipinski definition) is 2. The summed E-state index contributed by atoms with van der Waals surface area (Å²) in [6.45, 7) is 12.8. The van der Waals surface area contributed by atoms with Crippen LogP contribution >= 0.6 is 22.6 Å². The normalized spacial score (nSPS) is 11.5. The lowest BCUT2D eigenvalue weighted by Gasteiger charge is -2.19. The zero-order valence-corrected chi connectivity index (χ0v) is 21.5. The van der Waals surface area contributed by atoms with Gasteiger partial charge in [0, 0.05) is 22.7 Å². The Balaban J connectivity index is 2.28. The number of ether oxygens (including phenoxy) is 4. The van der Waals surface area contributed by atoms with Gasteiger partial charge in [-0.2, -0.15) is 0 Å². The Kier molecular flexibility index (Phi) is 11.2. The molecule has 0 bridgehead atoms. The standard InChI is InChI=1S/C22H35IN2O6/c1-21(2,3)30-19(26)24-9-7-11-28-17-13-16(23)14-18(15-17)29-12-8-10-25-20(27)31-22(4,5)6/h13-15H,7-12H2,1-6H3,(H,24,26)(H,25,27). The van der Waals surface area contributed by atoms with Gasteiger partial charge in [-0.15, -0.1) is 0 Å². The van der Waals surface area contributed by atoms with Crippen LogP contribution in [0.15, 0.2) is 18.2 Å². The molecular weight excluding hydrogens is 515 g/mol. The first-order chi connectivity index (χ1) is 14.3. The fourth-order valence-electron chi connectivity index (χ4n) is 2.24. The fourth-order valence-corrected chi connectivity index (χ4v) is 2.85. The Morgan fingerprint density at radius 1 is 0.774 bits per heavy atom. The second-order valence-electron chi connectivity index (χ2n) is 8.88. The van der Waals surface area contributed by atoms with Crippen molar-refractivity contribution in [3.05, 3.63) is 21.8 Å². The minimum Gasteiger partial charge on any atom is -0.493 e. The Labute approximate surface area is 198 Å². The van der Waals surface area contributed by atoms with Crippen molar-refractivity contribution in [3.8, 4) is 11.5 Å². The predicted octanol–water partition coefficient (Wildman–Crippen LogP) is 4.88. The maximum absolute atomic E-state index is 11.6. The summed E-state index contributed by atoms with van der Waals surface area (Å²) in [6, 6.07) is 5.66. The summed E-state index contributed by atoms with van der Waals surface area (Å²) in [7, 11) is 0. The van der Waals surface area contributed by atoms with Gasteiger partial charge in [0.15, 0.2) is 0 Å². The van der Waals surface area contributed by atoms with Crippen LogP contribution in [0.1, 0.15) is 54.4 Å². The molecule has 0 saturated carbocycles. The van der Waals surface area contributed by atoms with E-state index in [-0.39, 0.29) is 0 Å². The average Bonchev–Trinajstić information content (AvgIpc) is 2.57. The first-order valence-corrected chi connectivity index (χ1v) is 11.4. The molecule has 0 saturated heterocycles. The summed E-state index contributed by atoms with van der Waals surface area (Å²) < 4.78 is 22.9. The van der Waals surface area contributed by atoms with Gasteiger partial charge in [-0.1, -0.05) is 0 Å². The molecule has 9 heteroatoms. The molecule has 8 nitrogen and oxygen atoms in total. The van der Waals surface area contributed by atoms with Gasteiger partial charge in [-0.3, -0.25) is 0 Å². The highest BCUT2D eigenvalue weighted by atomic mass is 127. The van der Waals surface area contributed by atoms with Gasteiger partial charge in [0.25, 0.3) is 0 Å². The molecule has 1 rings (SSSR count). The molecule has 31 heavy (non-hydrogen) atoms. The highest BCUT2D eigenvalue weighted by Crippen LogP contribution is 2.24. The lowest BCUT2D eigenvalue weighted by molar-refractivity contribution is 0.0514. The summed E-state index contributed by atoms with van der Waals surface area (Å²) in [5.41, 5.74) is -1.02. The van der Waals surface area contributed by atoms with E-state index < -0.39 is 23.4 Å². The second-order valence-corrected chi connectivity index (χ2v) is 10.1. The van der Waals surface area contributed by atoms with E-state index in [4.69, 9.17) is 18.9 Å². The van der Waals surface area contributed by atoms with Crippen LogP contribution in [0, 0.1) is 3.57 Å². The van der Waals surface area contributed by atoms with Crippen LogP contribution in [-0.4, -0.2) is 49.7 Å². The van der Waals surface area contributed by atoms with E-state index in [1.54, 1.807) is 0 Å². The van der Waals surface area contributed by atoms with Crippen molar-refractivity contribution in [1.82, 2.24) is 10.6 Å². The molecule has 0 heterocycles. The van der Waals surface area contributed by atoms with Gasteiger partial charge in [-0.05, 0) is 89.1 Å². The molecule has 0 aliphatic carbocycles. The Hall–Kier alpha value is -1.91. The Morgan fingerprint density at radius 3 is 1.52 bits per heavy atom. The van der Waals surface area contributed by atoms with E-state index in [0.29, 0.717) is 50.6 Å². The number of amides is 2. The molecule has 0 aromatic heterocycles. The van der Waals surface area contributed by atoms with Crippen LogP contribution in [-0.2, 0) is 9.47 Å². The molecule has 1 aromatic carbocycles. The smallest absolute Gasteiger partial charge is 0.407 e. The number of halogens is 1. The van der Waals surface area contributed by atoms with Crippen molar-refractivity contribution < 1.29 is 28.5 Å². The predicted molar refractivity (Wildman–Crippen MR) is 128 cm³/mol. The lowest BCUT2D eigenvalue weighted by Crippen LogP contribution is -2.33. The van der Waals surface area contributed by atoms with Crippen LogP contribution in [0.4, 0.5) is 9.59 Å². The summed E-state index contributed by atoms with van der Waals surface area (Å²) in [5, 5.41) is 5.40. The number of alkyl carbamates (subject to hydrolysis) is 2. The molecule has 0 atom stereocenters. The molecular formula is C22H35IN2O6. The quantitative estimate of drug-likeness (QED) is 0.319. The molecule has 2 N–H and O–H groups in total. The van der Waals surface area contributed by atoms with E-state index in [2.05, 4.69) is 33.2 Å². The second kappa shape index (κ2) is 12.8. The molecule has 0 unspecified atom stereocenters. The van der Waals surface area contributed by atoms with Crippen molar-refractivity contribution in [2.45, 2.75) is 65.6 Å². The van der Waals surface area contributed by atoms with Gasteiger partial charge >= 0.3 is 12.2 Å². The van der Waals surface area contributed by atoms with Gasteiger partial charge in [-0.25, -0.2) is 9.59 Å². The van der Waals surface area contributed by atoms with Crippen LogP contribution in [0.3, 0.4) is 0 Å². The minimum atomic E-state index is -0.510. The fraction of sp³-hybridized carbons (Fsp3) is 0.636. The molecule has 0 radical (unpaired) electrons. The number of carbonyl (C=O) groups is 2. The molecule has 1 aromatic rings. The van der Waals surface area contributed by atoms with E-state index in [0.717, 1.165) is 3.57 Å². The SMILES string of the molecule is CC(C)(C)OC(=O)NCCCOc1cc(I)cc(OCCCNC(=O)OC(C)(C)C)c1. The summed E-state index contributed by atoms with van der Waals surface area (Å²) in [4.78, 5) is 23.2. The third kappa shape index (κ3) is 14.7. The first kappa shape index (κ1) is 27.1. The maximum Gasteiger partial charge on any atom is 0.407 e. The lowest BCUT2D eigenvalue weighted by atomic mass is 10.2. The van der Waals surface area contributed by atoms with Crippen LogP contribution in [0.5, 0.6) is 11.5 Å². The van der Waals surface area contributed by atoms with Crippen molar-refractivity contribution in [3.63, 3.8) is 0 Å². The van der Waals surface area contributed by atoms with Gasteiger partial charge < -0.3 is 29.6 Å². The topological polar surface area (TPSA) is 95.1 Å². The number of benzene rings is 1. The third-order valence-corrected chi connectivity index (χ3v) is 3.98. The monoisotopic (exact) mass is 550 g/mol. The van der Waals surface area contributed by atoms with Gasteiger partial charge in [0.05, 0.1) is 13.2 Å². The zero-order chi connectivity index (χ0) is 23.5. The Bertz CT molecular complexity index is 657. The highest BCUT2D eigenvalue weighted by Gasteiger charge is 2.16. The number of carbonyl (C=O) groups excluding carboxylic acids is 2. The first-order valence-electron chi connectivity index (χ1n) is 10.3. The highest BCUT2D eigenvalue weighted by molar-refractivity contribution is 14.1. The van der Waals surface area contributed by atoms with Crippen LogP contribution in [0.25, 0.3) is 0 Å². The van der Waals surface area contributed by atoms with Gasteiger partial charge in [0.2, 0.25) is 0 Å². The molecule has 0 spiro atoms. The van der Waals surface area contributed by atoms with Crippen LogP contribution in [0.2, 0.25) is 0 Å². The molecule has 0 aliphatic heterocycles. The van der Waals surface area contributed by atoms with Crippen molar-refractivity contribution >= 4 is 34.8 Å². The molecule has 2 amide bonds. The van der Waals surface area contributed by atoms with E-state index in [9.17, 15) is 9.59 Å². The van der Waals surface area contributed by atoms with Crippen LogP contribution < -0.4 is 20.1 Å². The maximum atomic E-state index is 11.6. The van der Waals surface area contributed by atoms with E-state index in [1.165, 1.54) is 0 Å². The zero-order valence-electron chi connectivity index (χ0n) is 19.3. The minimum absolute atomic E-state index is 0.432. The molecule has 176 valence electrons. The molecule has 0 aliphatic rings. The number of rotatable bonds is 10. The van der Waals surface area contributed by atoms with E-state index in [1.807, 2.05) is 59.7 Å². The van der Waals surface area contributed by atoms with Crippen molar-refractivity contribution in [1.29, 1.82) is 0 Å². The van der Waals surface area contributed by atoms with E-state index >= 15 is 0 Å². The average molecular weight is 550 g/mol. The summed E-state index contributed by atoms with van der Waals surface area (Å²) in [5.74, 6) is 1.40. The third-order valence-electron chi connectivity index (χ3n) is 3.36. The largest absolute Gasteiger partial charge is 0.493 e. The summed E-state index contributed by atoms with van der Waals surface area (Å²) in [6.07, 6.45) is 0.436.